The van der Waals surface area contributed by atoms with Crippen molar-refractivity contribution in [2.45, 2.75) is 44.3 Å². The summed E-state index contributed by atoms with van der Waals surface area (Å²) in [6, 6.07) is 14.0. The number of hydrogen-bond donors (Lipinski definition) is 0. The number of fused-ring (bicyclic) bond motifs is 4. The number of anilines is 1. The van der Waals surface area contributed by atoms with E-state index >= 15 is 0 Å². The molecule has 2 fully saturated rings. The Kier molecular flexibility index (Phi) is 4.42. The van der Waals surface area contributed by atoms with Gasteiger partial charge in [0.1, 0.15) is 5.58 Å². The Morgan fingerprint density at radius 3 is 2.59 bits per heavy atom. The van der Waals surface area contributed by atoms with Gasteiger partial charge in [0, 0.05) is 29.8 Å². The summed E-state index contributed by atoms with van der Waals surface area (Å²) in [4.78, 5) is 55.9. The van der Waals surface area contributed by atoms with Gasteiger partial charge in [-0.05, 0) is 38.0 Å². The first-order valence-corrected chi connectivity index (χ1v) is 11.4. The van der Waals surface area contributed by atoms with E-state index < -0.39 is 24.0 Å². The summed E-state index contributed by atoms with van der Waals surface area (Å²) in [6.45, 7) is 1.24. The van der Waals surface area contributed by atoms with E-state index in [1.54, 1.807) is 37.3 Å². The number of benzene rings is 2. The van der Waals surface area contributed by atoms with Crippen LogP contribution in [-0.2, 0) is 14.3 Å². The number of ether oxygens (including phenoxy) is 1. The van der Waals surface area contributed by atoms with E-state index in [2.05, 4.69) is 0 Å². The molecule has 1 atom stereocenters. The fourth-order valence-electron chi connectivity index (χ4n) is 5.26. The Bertz CT molecular complexity index is 1390. The zero-order chi connectivity index (χ0) is 23.6. The summed E-state index contributed by atoms with van der Waals surface area (Å²) in [6.07, 6.45) is 1.74. The largest absolute Gasteiger partial charge is 0.454 e. The minimum atomic E-state index is -1.58. The molecule has 8 nitrogen and oxygen atoms in total. The standard InChI is InChI=1S/C26H22N2O6/c1-15-17-6-3-5-9-21(17)34-23(15)20(29)14-33-25(32)26-13-12-22(30)28(26)19-8-4-2-7-18(19)24(31)27(26)16-10-11-16/h2-9,16H,10-14H2,1H3. The van der Waals surface area contributed by atoms with Crippen LogP contribution in [0.3, 0.4) is 0 Å². The molecule has 34 heavy (non-hydrogen) atoms. The summed E-state index contributed by atoms with van der Waals surface area (Å²) >= 11 is 0. The maximum atomic E-state index is 13.6. The lowest BCUT2D eigenvalue weighted by molar-refractivity contribution is -0.156. The fraction of sp³-hybridized carbons (Fsp3) is 0.308. The van der Waals surface area contributed by atoms with E-state index in [0.29, 0.717) is 22.4 Å². The highest BCUT2D eigenvalue weighted by molar-refractivity contribution is 6.16. The van der Waals surface area contributed by atoms with Crippen molar-refractivity contribution in [1.82, 2.24) is 4.90 Å². The number of hydrogen-bond acceptors (Lipinski definition) is 6. The normalized spacial score (nSPS) is 21.6. The maximum Gasteiger partial charge on any atom is 0.354 e. The Labute approximate surface area is 195 Å². The van der Waals surface area contributed by atoms with Gasteiger partial charge in [0.05, 0.1) is 11.3 Å². The van der Waals surface area contributed by atoms with Crippen molar-refractivity contribution in [3.63, 3.8) is 0 Å². The third-order valence-electron chi connectivity index (χ3n) is 6.97. The molecule has 2 amide bonds. The number of carbonyl (C=O) groups excluding carboxylic acids is 4. The van der Waals surface area contributed by atoms with Crippen LogP contribution in [0.2, 0.25) is 0 Å². The average Bonchev–Trinajstić information content (AvgIpc) is 3.54. The molecule has 1 aliphatic carbocycles. The molecule has 0 radical (unpaired) electrons. The molecule has 0 N–H and O–H groups in total. The van der Waals surface area contributed by atoms with Crippen LogP contribution in [0.15, 0.2) is 52.9 Å². The van der Waals surface area contributed by atoms with Crippen LogP contribution in [-0.4, -0.2) is 46.8 Å². The first kappa shape index (κ1) is 20.7. The number of nitrogens with zero attached hydrogens (tertiary/aromatic N) is 2. The molecule has 2 aliphatic heterocycles. The molecule has 1 saturated carbocycles. The molecule has 6 rings (SSSR count). The summed E-state index contributed by atoms with van der Waals surface area (Å²) < 4.78 is 11.2. The molecule has 1 saturated heterocycles. The van der Waals surface area contributed by atoms with E-state index in [9.17, 15) is 19.2 Å². The molecule has 3 aliphatic rings. The van der Waals surface area contributed by atoms with Crippen molar-refractivity contribution in [3.05, 3.63) is 65.4 Å². The minimum Gasteiger partial charge on any atom is -0.454 e. The van der Waals surface area contributed by atoms with Crippen molar-refractivity contribution >= 4 is 40.2 Å². The van der Waals surface area contributed by atoms with Gasteiger partial charge in [-0.2, -0.15) is 0 Å². The summed E-state index contributed by atoms with van der Waals surface area (Å²) in [7, 11) is 0. The van der Waals surface area contributed by atoms with Crippen molar-refractivity contribution in [1.29, 1.82) is 0 Å². The molecule has 3 heterocycles. The molecule has 8 heteroatoms. The van der Waals surface area contributed by atoms with Crippen LogP contribution in [0.25, 0.3) is 11.0 Å². The molecule has 3 aromatic rings. The van der Waals surface area contributed by atoms with Gasteiger partial charge in [-0.1, -0.05) is 30.3 Å². The van der Waals surface area contributed by atoms with Gasteiger partial charge in [0.25, 0.3) is 5.91 Å². The second kappa shape index (κ2) is 7.28. The molecular formula is C26H22N2O6. The summed E-state index contributed by atoms with van der Waals surface area (Å²) in [5, 5.41) is 0.817. The number of esters is 1. The predicted molar refractivity (Wildman–Crippen MR) is 121 cm³/mol. The van der Waals surface area contributed by atoms with E-state index in [0.717, 1.165) is 18.2 Å². The molecule has 1 aromatic heterocycles. The summed E-state index contributed by atoms with van der Waals surface area (Å²) in [5.74, 6) is -1.65. The zero-order valence-electron chi connectivity index (χ0n) is 18.6. The monoisotopic (exact) mass is 458 g/mol. The minimum absolute atomic E-state index is 0.108. The quantitative estimate of drug-likeness (QED) is 0.428. The highest BCUT2D eigenvalue weighted by atomic mass is 16.5. The van der Waals surface area contributed by atoms with Gasteiger partial charge in [0.15, 0.2) is 12.4 Å². The molecule has 0 spiro atoms. The number of ketones is 1. The highest BCUT2D eigenvalue weighted by Gasteiger charge is 2.64. The van der Waals surface area contributed by atoms with Gasteiger partial charge in [0.2, 0.25) is 17.4 Å². The lowest BCUT2D eigenvalue weighted by Gasteiger charge is -2.48. The number of rotatable bonds is 5. The van der Waals surface area contributed by atoms with Gasteiger partial charge in [-0.15, -0.1) is 0 Å². The van der Waals surface area contributed by atoms with E-state index in [-0.39, 0.29) is 36.5 Å². The van der Waals surface area contributed by atoms with Crippen molar-refractivity contribution in [2.75, 3.05) is 11.5 Å². The van der Waals surface area contributed by atoms with Crippen molar-refractivity contribution < 1.29 is 28.3 Å². The predicted octanol–water partition coefficient (Wildman–Crippen LogP) is 3.61. The second-order valence-electron chi connectivity index (χ2n) is 9.02. The molecule has 172 valence electrons. The SMILES string of the molecule is Cc1c(C(=O)COC(=O)C23CCC(=O)N2c2ccccc2C(=O)N3C2CC2)oc2ccccc12. The first-order valence-electron chi connectivity index (χ1n) is 11.4. The summed E-state index contributed by atoms with van der Waals surface area (Å²) in [5.41, 5.74) is 0.474. The van der Waals surface area contributed by atoms with Gasteiger partial charge >= 0.3 is 5.97 Å². The Balaban J connectivity index is 1.34. The number of para-hydroxylation sites is 2. The van der Waals surface area contributed by atoms with E-state index in [1.165, 1.54) is 9.80 Å². The maximum absolute atomic E-state index is 13.6. The molecule has 1 unspecified atom stereocenters. The number of furan rings is 1. The second-order valence-corrected chi connectivity index (χ2v) is 9.02. The van der Waals surface area contributed by atoms with Gasteiger partial charge in [-0.25, -0.2) is 4.79 Å². The zero-order valence-corrected chi connectivity index (χ0v) is 18.6. The van der Waals surface area contributed by atoms with E-state index in [1.807, 2.05) is 18.2 Å². The van der Waals surface area contributed by atoms with Crippen LogP contribution >= 0.6 is 0 Å². The molecular weight excluding hydrogens is 436 g/mol. The van der Waals surface area contributed by atoms with Crippen LogP contribution in [0.5, 0.6) is 0 Å². The van der Waals surface area contributed by atoms with Crippen LogP contribution < -0.4 is 4.90 Å². The van der Waals surface area contributed by atoms with Crippen LogP contribution in [0.4, 0.5) is 5.69 Å². The van der Waals surface area contributed by atoms with Crippen LogP contribution in [0, 0.1) is 6.92 Å². The fourth-order valence-corrected chi connectivity index (χ4v) is 5.26. The average molecular weight is 458 g/mol. The number of aryl methyl sites for hydroxylation is 1. The third kappa shape index (κ3) is 2.77. The third-order valence-corrected chi connectivity index (χ3v) is 6.97. The number of carbonyl (C=O) groups is 4. The smallest absolute Gasteiger partial charge is 0.354 e. The lowest BCUT2D eigenvalue weighted by Crippen LogP contribution is -2.69. The Morgan fingerprint density at radius 2 is 1.82 bits per heavy atom. The lowest BCUT2D eigenvalue weighted by atomic mass is 9.96. The van der Waals surface area contributed by atoms with Crippen molar-refractivity contribution in [2.24, 2.45) is 0 Å². The number of amides is 2. The van der Waals surface area contributed by atoms with Crippen LogP contribution in [0.1, 0.15) is 52.2 Å². The Hall–Kier alpha value is -3.94. The topological polar surface area (TPSA) is 97.1 Å². The highest BCUT2D eigenvalue weighted by Crippen LogP contribution is 2.49. The van der Waals surface area contributed by atoms with Gasteiger partial charge < -0.3 is 14.1 Å². The number of Topliss-reactive ketones (excluding diaryl/α,β-unsaturated/α-hetero) is 1. The van der Waals surface area contributed by atoms with Gasteiger partial charge in [-0.3, -0.25) is 19.3 Å². The Morgan fingerprint density at radius 1 is 1.09 bits per heavy atom. The molecule has 0 bridgehead atoms. The molecule has 2 aromatic carbocycles. The first-order chi connectivity index (χ1) is 16.4. The van der Waals surface area contributed by atoms with E-state index in [4.69, 9.17) is 9.15 Å². The van der Waals surface area contributed by atoms with Crippen molar-refractivity contribution in [3.8, 4) is 0 Å².